The van der Waals surface area contributed by atoms with Gasteiger partial charge in [-0.2, -0.15) is 0 Å². The van der Waals surface area contributed by atoms with E-state index >= 15 is 0 Å². The Morgan fingerprint density at radius 3 is 2.53 bits per heavy atom. The smallest absolute Gasteiger partial charge is 0.412 e. The lowest BCUT2D eigenvalue weighted by Gasteiger charge is -2.19. The van der Waals surface area contributed by atoms with Gasteiger partial charge in [-0.05, 0) is 43.4 Å². The van der Waals surface area contributed by atoms with E-state index in [2.05, 4.69) is 10.3 Å². The van der Waals surface area contributed by atoms with E-state index in [-0.39, 0.29) is 10.7 Å². The molecule has 6 nitrogen and oxygen atoms in total. The van der Waals surface area contributed by atoms with Gasteiger partial charge in [0.1, 0.15) is 10.6 Å². The van der Waals surface area contributed by atoms with Crippen molar-refractivity contribution in [1.82, 2.24) is 4.98 Å². The zero-order chi connectivity index (χ0) is 13.2. The largest absolute Gasteiger partial charge is 0.476 e. The van der Waals surface area contributed by atoms with Crippen LogP contribution in [0.1, 0.15) is 31.3 Å². The first-order valence-corrected chi connectivity index (χ1v) is 6.48. The van der Waals surface area contributed by atoms with E-state index < -0.39 is 17.7 Å². The Labute approximate surface area is 116 Å². The number of hydrogen-bond acceptors (Lipinski definition) is 5. The number of aromatic carboxylic acids is 1. The van der Waals surface area contributed by atoms with Crippen LogP contribution in [0.3, 0.4) is 0 Å². The zero-order valence-electron chi connectivity index (χ0n) is 9.41. The SMILES string of the molecule is CC(C)(C)OC(=O)Nc1sc(I)nc1C(=O)O. The number of carboxylic acid groups (broad SMARTS) is 1. The fraction of sp³-hybridized carbons (Fsp3) is 0.444. The average molecular weight is 370 g/mol. The van der Waals surface area contributed by atoms with Gasteiger partial charge in [0, 0.05) is 0 Å². The van der Waals surface area contributed by atoms with Gasteiger partial charge in [-0.15, -0.1) is 0 Å². The number of aromatic nitrogens is 1. The third-order valence-corrected chi connectivity index (χ3v) is 3.08. The Hall–Kier alpha value is -0.900. The van der Waals surface area contributed by atoms with Gasteiger partial charge in [-0.25, -0.2) is 14.6 Å². The lowest BCUT2D eigenvalue weighted by molar-refractivity contribution is 0.0636. The number of carbonyl (C=O) groups excluding carboxylic acids is 1. The van der Waals surface area contributed by atoms with Crippen LogP contribution in [0, 0.1) is 3.01 Å². The molecule has 0 bridgehead atoms. The summed E-state index contributed by atoms with van der Waals surface area (Å²) in [5, 5.41) is 11.4. The predicted octanol–water partition coefficient (Wildman–Crippen LogP) is 2.79. The van der Waals surface area contributed by atoms with Gasteiger partial charge >= 0.3 is 12.1 Å². The van der Waals surface area contributed by atoms with Gasteiger partial charge in [0.2, 0.25) is 0 Å². The van der Waals surface area contributed by atoms with Crippen molar-refractivity contribution in [3.8, 4) is 0 Å². The van der Waals surface area contributed by atoms with E-state index in [0.29, 0.717) is 3.01 Å². The van der Waals surface area contributed by atoms with Crippen molar-refractivity contribution in [1.29, 1.82) is 0 Å². The van der Waals surface area contributed by atoms with E-state index in [1.54, 1.807) is 20.8 Å². The number of thiazole rings is 1. The van der Waals surface area contributed by atoms with E-state index in [1.807, 2.05) is 22.6 Å². The van der Waals surface area contributed by atoms with Crippen molar-refractivity contribution < 1.29 is 19.4 Å². The molecule has 0 atom stereocenters. The monoisotopic (exact) mass is 370 g/mol. The van der Waals surface area contributed by atoms with Crippen LogP contribution >= 0.6 is 33.9 Å². The number of hydrogen-bond donors (Lipinski definition) is 2. The molecule has 0 aromatic carbocycles. The van der Waals surface area contributed by atoms with Gasteiger partial charge in [-0.1, -0.05) is 11.3 Å². The van der Waals surface area contributed by atoms with Gasteiger partial charge in [0.15, 0.2) is 8.71 Å². The number of amides is 1. The molecular weight excluding hydrogens is 359 g/mol. The molecule has 0 fully saturated rings. The Morgan fingerprint density at radius 2 is 2.06 bits per heavy atom. The number of rotatable bonds is 2. The van der Waals surface area contributed by atoms with E-state index in [1.165, 1.54) is 0 Å². The van der Waals surface area contributed by atoms with Crippen molar-refractivity contribution in [2.24, 2.45) is 0 Å². The number of anilines is 1. The summed E-state index contributed by atoms with van der Waals surface area (Å²) in [6, 6.07) is 0. The Balaban J connectivity index is 2.81. The second kappa shape index (κ2) is 5.17. The molecule has 94 valence electrons. The Morgan fingerprint density at radius 1 is 1.47 bits per heavy atom. The highest BCUT2D eigenvalue weighted by molar-refractivity contribution is 14.1. The molecule has 1 amide bonds. The second-order valence-electron chi connectivity index (χ2n) is 4.08. The van der Waals surface area contributed by atoms with Crippen LogP contribution < -0.4 is 5.32 Å². The Kier molecular flexibility index (Phi) is 4.31. The lowest BCUT2D eigenvalue weighted by atomic mass is 10.2. The highest BCUT2D eigenvalue weighted by atomic mass is 127. The minimum Gasteiger partial charge on any atom is -0.476 e. The van der Waals surface area contributed by atoms with Crippen molar-refractivity contribution in [2.75, 3.05) is 5.32 Å². The molecule has 1 aromatic rings. The molecule has 1 heterocycles. The number of nitrogens with zero attached hydrogens (tertiary/aromatic N) is 1. The molecule has 2 N–H and O–H groups in total. The molecular formula is C9H11IN2O4S. The molecule has 1 aromatic heterocycles. The van der Waals surface area contributed by atoms with E-state index in [4.69, 9.17) is 9.84 Å². The van der Waals surface area contributed by atoms with E-state index in [9.17, 15) is 9.59 Å². The number of carboxylic acids is 1. The van der Waals surface area contributed by atoms with Crippen LogP contribution in [0.25, 0.3) is 0 Å². The summed E-state index contributed by atoms with van der Waals surface area (Å²) in [6.45, 7) is 5.17. The maximum Gasteiger partial charge on any atom is 0.412 e. The third kappa shape index (κ3) is 4.46. The molecule has 0 aliphatic rings. The van der Waals surface area contributed by atoms with Crippen LogP contribution in [0.15, 0.2) is 0 Å². The average Bonchev–Trinajstić information content (AvgIpc) is 2.42. The number of nitrogens with one attached hydrogen (secondary N) is 1. The molecule has 8 heteroatoms. The first-order valence-electron chi connectivity index (χ1n) is 4.58. The summed E-state index contributed by atoms with van der Waals surface area (Å²) in [5.74, 6) is -1.18. The number of carbonyl (C=O) groups is 2. The molecule has 0 unspecified atom stereocenters. The van der Waals surface area contributed by atoms with Crippen LogP contribution in [0.4, 0.5) is 9.80 Å². The number of halogens is 1. The molecule has 0 aliphatic heterocycles. The molecule has 0 aliphatic carbocycles. The van der Waals surface area contributed by atoms with Crippen molar-refractivity contribution in [3.63, 3.8) is 0 Å². The zero-order valence-corrected chi connectivity index (χ0v) is 12.4. The fourth-order valence-corrected chi connectivity index (χ4v) is 2.49. The molecule has 1 rings (SSSR count). The summed E-state index contributed by atoms with van der Waals surface area (Å²) in [6.07, 6.45) is -0.694. The topological polar surface area (TPSA) is 88.5 Å². The standard InChI is InChI=1S/C9H11IN2O4S/c1-9(2,3)16-8(15)12-5-4(6(13)14)11-7(10)17-5/h1-3H3,(H,12,15)(H,13,14). The lowest BCUT2D eigenvalue weighted by Crippen LogP contribution is -2.27. The molecule has 0 saturated carbocycles. The van der Waals surface area contributed by atoms with Crippen molar-refractivity contribution >= 4 is 51.0 Å². The maximum absolute atomic E-state index is 11.5. The Bertz CT molecular complexity index is 452. The second-order valence-corrected chi connectivity index (χ2v) is 6.83. The minimum atomic E-state index is -1.18. The third-order valence-electron chi connectivity index (χ3n) is 1.42. The molecule has 0 saturated heterocycles. The van der Waals surface area contributed by atoms with Crippen LogP contribution in [0.5, 0.6) is 0 Å². The first-order chi connectivity index (χ1) is 7.69. The highest BCUT2D eigenvalue weighted by Gasteiger charge is 2.21. The highest BCUT2D eigenvalue weighted by Crippen LogP contribution is 2.26. The number of ether oxygens (including phenoxy) is 1. The summed E-state index contributed by atoms with van der Waals surface area (Å²) >= 11 is 2.97. The first kappa shape index (κ1) is 14.2. The summed E-state index contributed by atoms with van der Waals surface area (Å²) < 4.78 is 5.55. The normalized spacial score (nSPS) is 11.1. The van der Waals surface area contributed by atoms with Crippen molar-refractivity contribution in [3.05, 3.63) is 8.71 Å². The predicted molar refractivity (Wildman–Crippen MR) is 71.6 cm³/mol. The van der Waals surface area contributed by atoms with E-state index in [0.717, 1.165) is 11.3 Å². The summed E-state index contributed by atoms with van der Waals surface area (Å²) in [7, 11) is 0. The van der Waals surface area contributed by atoms with Crippen LogP contribution in [-0.2, 0) is 4.74 Å². The van der Waals surface area contributed by atoms with Crippen LogP contribution in [0.2, 0.25) is 0 Å². The van der Waals surface area contributed by atoms with Gasteiger partial charge < -0.3 is 9.84 Å². The molecule has 17 heavy (non-hydrogen) atoms. The maximum atomic E-state index is 11.5. The minimum absolute atomic E-state index is 0.176. The molecule has 0 spiro atoms. The van der Waals surface area contributed by atoms with Gasteiger partial charge in [0.05, 0.1) is 0 Å². The van der Waals surface area contributed by atoms with Crippen molar-refractivity contribution in [2.45, 2.75) is 26.4 Å². The quantitative estimate of drug-likeness (QED) is 0.782. The summed E-state index contributed by atoms with van der Waals surface area (Å²) in [4.78, 5) is 26.1. The fourth-order valence-electron chi connectivity index (χ4n) is 0.920. The molecule has 0 radical (unpaired) electrons. The van der Waals surface area contributed by atoms with Gasteiger partial charge in [0.25, 0.3) is 0 Å². The van der Waals surface area contributed by atoms with Crippen LogP contribution in [-0.4, -0.2) is 27.8 Å². The van der Waals surface area contributed by atoms with Gasteiger partial charge in [-0.3, -0.25) is 5.32 Å². The summed E-state index contributed by atoms with van der Waals surface area (Å²) in [5.41, 5.74) is -0.809.